The Morgan fingerprint density at radius 3 is 2.77 bits per heavy atom. The average molecular weight is 301 g/mol. The number of hydrogen-bond acceptors (Lipinski definition) is 3. The Hall–Kier alpha value is -2.14. The van der Waals surface area contributed by atoms with E-state index in [2.05, 4.69) is 10.4 Å². The van der Waals surface area contributed by atoms with Crippen LogP contribution in [0.2, 0.25) is 0 Å². The topological polar surface area (TPSA) is 67.2 Å². The lowest BCUT2D eigenvalue weighted by molar-refractivity contribution is 0.0939. The summed E-state index contributed by atoms with van der Waals surface area (Å²) >= 11 is 0. The molecule has 5 nitrogen and oxygen atoms in total. The number of aromatic nitrogens is 2. The zero-order valence-corrected chi connectivity index (χ0v) is 13.3. The lowest BCUT2D eigenvalue weighted by atomic mass is 10.0. The predicted octanol–water partition coefficient (Wildman–Crippen LogP) is 2.32. The largest absolute Gasteiger partial charge is 0.393 e. The molecule has 2 aromatic rings. The highest BCUT2D eigenvalue weighted by Crippen LogP contribution is 2.13. The van der Waals surface area contributed by atoms with Crippen LogP contribution in [0.1, 0.15) is 36.2 Å². The second kappa shape index (κ2) is 7.22. The summed E-state index contributed by atoms with van der Waals surface area (Å²) in [6.45, 7) is 6.31. The maximum atomic E-state index is 12.1. The van der Waals surface area contributed by atoms with E-state index in [4.69, 9.17) is 0 Å². The second-order valence-electron chi connectivity index (χ2n) is 5.86. The molecule has 2 N–H and O–H groups in total. The molecule has 5 heteroatoms. The van der Waals surface area contributed by atoms with Gasteiger partial charge in [0.2, 0.25) is 0 Å². The molecule has 0 aliphatic heterocycles. The van der Waals surface area contributed by atoms with Gasteiger partial charge in [0.25, 0.3) is 5.91 Å². The van der Waals surface area contributed by atoms with Gasteiger partial charge in [-0.05, 0) is 37.8 Å². The summed E-state index contributed by atoms with van der Waals surface area (Å²) in [7, 11) is 0. The molecule has 2 unspecified atom stereocenters. The minimum atomic E-state index is -0.351. The maximum Gasteiger partial charge on any atom is 0.254 e. The van der Waals surface area contributed by atoms with Crippen LogP contribution in [-0.2, 0) is 0 Å². The van der Waals surface area contributed by atoms with Gasteiger partial charge < -0.3 is 10.4 Å². The normalized spacial score (nSPS) is 13.6. The van der Waals surface area contributed by atoms with E-state index >= 15 is 0 Å². The molecule has 0 saturated carbocycles. The number of benzene rings is 1. The Kier molecular flexibility index (Phi) is 5.33. The fraction of sp³-hybridized carbons (Fsp3) is 0.412. The molecule has 118 valence electrons. The van der Waals surface area contributed by atoms with Crippen molar-refractivity contribution in [3.63, 3.8) is 0 Å². The summed E-state index contributed by atoms with van der Waals surface area (Å²) in [5.41, 5.74) is 2.60. The van der Waals surface area contributed by atoms with Gasteiger partial charge in [0.15, 0.2) is 0 Å². The summed E-state index contributed by atoms with van der Waals surface area (Å²) in [6, 6.07) is 7.89. The number of para-hydroxylation sites is 1. The fourth-order valence-corrected chi connectivity index (χ4v) is 2.43. The highest BCUT2D eigenvalue weighted by atomic mass is 16.3. The fourth-order valence-electron chi connectivity index (χ4n) is 2.43. The molecule has 22 heavy (non-hydrogen) atoms. The minimum Gasteiger partial charge on any atom is -0.393 e. The van der Waals surface area contributed by atoms with Crippen molar-refractivity contribution in [1.29, 1.82) is 0 Å². The van der Waals surface area contributed by atoms with Crippen LogP contribution in [0.25, 0.3) is 5.69 Å². The van der Waals surface area contributed by atoms with Gasteiger partial charge >= 0.3 is 0 Å². The molecule has 1 aromatic carbocycles. The maximum absolute atomic E-state index is 12.1. The molecule has 1 amide bonds. The summed E-state index contributed by atoms with van der Waals surface area (Å²) in [5, 5.41) is 16.5. The van der Waals surface area contributed by atoms with E-state index in [1.165, 1.54) is 0 Å². The molecular formula is C17H23N3O2. The van der Waals surface area contributed by atoms with Gasteiger partial charge in [-0.3, -0.25) is 4.79 Å². The van der Waals surface area contributed by atoms with Gasteiger partial charge in [-0.2, -0.15) is 5.10 Å². The van der Waals surface area contributed by atoms with Crippen molar-refractivity contribution in [3.8, 4) is 5.69 Å². The number of nitrogens with one attached hydrogen (secondary N) is 1. The van der Waals surface area contributed by atoms with Crippen molar-refractivity contribution < 1.29 is 9.90 Å². The monoisotopic (exact) mass is 301 g/mol. The molecule has 1 aromatic heterocycles. The molecule has 0 radical (unpaired) electrons. The van der Waals surface area contributed by atoms with E-state index in [1.807, 2.05) is 38.1 Å². The molecule has 2 rings (SSSR count). The molecule has 0 spiro atoms. The van der Waals surface area contributed by atoms with E-state index in [1.54, 1.807) is 24.0 Å². The number of aliphatic hydroxyl groups is 1. The van der Waals surface area contributed by atoms with Gasteiger partial charge in [0.1, 0.15) is 0 Å². The summed E-state index contributed by atoms with van der Waals surface area (Å²) in [6.07, 6.45) is 3.62. The van der Waals surface area contributed by atoms with Crippen molar-refractivity contribution >= 4 is 5.91 Å². The minimum absolute atomic E-state index is 0.141. The molecule has 0 saturated heterocycles. The first kappa shape index (κ1) is 16.2. The lowest BCUT2D eigenvalue weighted by Gasteiger charge is -2.13. The van der Waals surface area contributed by atoms with Crippen LogP contribution in [0, 0.1) is 12.8 Å². The summed E-state index contributed by atoms with van der Waals surface area (Å²) in [5.74, 6) is 0.0904. The third-order valence-corrected chi connectivity index (χ3v) is 3.56. The predicted molar refractivity (Wildman–Crippen MR) is 86.1 cm³/mol. The third-order valence-electron chi connectivity index (χ3n) is 3.56. The lowest BCUT2D eigenvalue weighted by Crippen LogP contribution is -2.29. The first-order chi connectivity index (χ1) is 10.5. The van der Waals surface area contributed by atoms with Gasteiger partial charge in [-0.25, -0.2) is 4.68 Å². The SMILES string of the molecule is Cc1ccccc1-n1cc(C(=O)NCC(C)CC(C)O)cn1. The number of carbonyl (C=O) groups is 1. The molecule has 2 atom stereocenters. The van der Waals surface area contributed by atoms with Crippen molar-refractivity contribution in [1.82, 2.24) is 15.1 Å². The molecule has 1 heterocycles. The Morgan fingerprint density at radius 1 is 1.36 bits per heavy atom. The van der Waals surface area contributed by atoms with Gasteiger partial charge in [0.05, 0.1) is 23.6 Å². The van der Waals surface area contributed by atoms with Crippen molar-refractivity contribution in [2.75, 3.05) is 6.54 Å². The number of hydrogen-bond donors (Lipinski definition) is 2. The zero-order chi connectivity index (χ0) is 16.1. The van der Waals surface area contributed by atoms with E-state index in [0.717, 1.165) is 11.3 Å². The first-order valence-electron chi connectivity index (χ1n) is 7.54. The Morgan fingerprint density at radius 2 is 2.09 bits per heavy atom. The highest BCUT2D eigenvalue weighted by Gasteiger charge is 2.12. The summed E-state index contributed by atoms with van der Waals surface area (Å²) < 4.78 is 1.71. The van der Waals surface area contributed by atoms with Crippen molar-refractivity contribution in [2.24, 2.45) is 5.92 Å². The third kappa shape index (κ3) is 4.18. The second-order valence-corrected chi connectivity index (χ2v) is 5.86. The number of aliphatic hydroxyl groups excluding tert-OH is 1. The zero-order valence-electron chi connectivity index (χ0n) is 13.3. The van der Waals surface area contributed by atoms with Gasteiger partial charge in [-0.15, -0.1) is 0 Å². The number of amides is 1. The Balaban J connectivity index is 1.99. The van der Waals surface area contributed by atoms with Crippen LogP contribution in [-0.4, -0.2) is 33.4 Å². The average Bonchev–Trinajstić information content (AvgIpc) is 2.94. The Bertz CT molecular complexity index is 634. The van der Waals surface area contributed by atoms with E-state index in [0.29, 0.717) is 18.5 Å². The number of aryl methyl sites for hydroxylation is 1. The van der Waals surface area contributed by atoms with Crippen molar-refractivity contribution in [2.45, 2.75) is 33.3 Å². The van der Waals surface area contributed by atoms with E-state index in [-0.39, 0.29) is 17.9 Å². The number of rotatable bonds is 6. The van der Waals surface area contributed by atoms with Crippen LogP contribution in [0.4, 0.5) is 0 Å². The number of carbonyl (C=O) groups excluding carboxylic acids is 1. The molecule has 0 aliphatic rings. The standard InChI is InChI=1S/C17H23N3O2/c1-12(8-14(3)21)9-18-17(22)15-10-19-20(11-15)16-7-5-4-6-13(16)2/h4-7,10-12,14,21H,8-9H2,1-3H3,(H,18,22). The Labute approximate surface area is 131 Å². The molecule has 0 fully saturated rings. The van der Waals surface area contributed by atoms with Crippen LogP contribution in [0.5, 0.6) is 0 Å². The molecular weight excluding hydrogens is 278 g/mol. The first-order valence-corrected chi connectivity index (χ1v) is 7.54. The van der Waals surface area contributed by atoms with Crippen LogP contribution < -0.4 is 5.32 Å². The van der Waals surface area contributed by atoms with E-state index < -0.39 is 0 Å². The van der Waals surface area contributed by atoms with Crippen molar-refractivity contribution in [3.05, 3.63) is 47.8 Å². The number of nitrogens with zero attached hydrogens (tertiary/aromatic N) is 2. The molecule has 0 aliphatic carbocycles. The smallest absolute Gasteiger partial charge is 0.254 e. The summed E-state index contributed by atoms with van der Waals surface area (Å²) in [4.78, 5) is 12.1. The quantitative estimate of drug-likeness (QED) is 0.860. The van der Waals surface area contributed by atoms with Crippen LogP contribution >= 0.6 is 0 Å². The highest BCUT2D eigenvalue weighted by molar-refractivity contribution is 5.93. The molecule has 0 bridgehead atoms. The van der Waals surface area contributed by atoms with Gasteiger partial charge in [-0.1, -0.05) is 25.1 Å². The van der Waals surface area contributed by atoms with Crippen LogP contribution in [0.3, 0.4) is 0 Å². The van der Waals surface area contributed by atoms with Crippen LogP contribution in [0.15, 0.2) is 36.7 Å². The van der Waals surface area contributed by atoms with E-state index in [9.17, 15) is 9.90 Å². The van der Waals surface area contributed by atoms with Gasteiger partial charge in [0, 0.05) is 12.7 Å².